The van der Waals surface area contributed by atoms with Crippen LogP contribution in [0.2, 0.25) is 0 Å². The summed E-state index contributed by atoms with van der Waals surface area (Å²) in [7, 11) is 0. The van der Waals surface area contributed by atoms with E-state index in [1.807, 2.05) is 0 Å². The van der Waals surface area contributed by atoms with Gasteiger partial charge < -0.3 is 5.32 Å². The Hall–Kier alpha value is -0.370. The molecule has 0 radical (unpaired) electrons. The summed E-state index contributed by atoms with van der Waals surface area (Å²) in [4.78, 5) is 12.8. The average Bonchev–Trinajstić information content (AvgIpc) is 2.40. The smallest absolute Gasteiger partial charge is 0.143 e. The first-order valence-corrected chi connectivity index (χ1v) is 7.53. The number of hydrogen-bond acceptors (Lipinski definition) is 2. The van der Waals surface area contributed by atoms with Gasteiger partial charge in [-0.3, -0.25) is 4.79 Å². The zero-order valence-corrected chi connectivity index (χ0v) is 11.3. The molecule has 2 rings (SSSR count). The maximum absolute atomic E-state index is 12.8. The fourth-order valence-electron chi connectivity index (χ4n) is 3.79. The van der Waals surface area contributed by atoms with E-state index in [0.717, 1.165) is 45.2 Å². The highest BCUT2D eigenvalue weighted by atomic mass is 16.1. The highest BCUT2D eigenvalue weighted by molar-refractivity contribution is 5.87. The van der Waals surface area contributed by atoms with Crippen molar-refractivity contribution in [2.75, 3.05) is 13.1 Å². The summed E-state index contributed by atoms with van der Waals surface area (Å²) in [5, 5.41) is 3.46. The maximum atomic E-state index is 12.8. The van der Waals surface area contributed by atoms with Crippen molar-refractivity contribution in [1.82, 2.24) is 5.32 Å². The molecule has 2 aliphatic rings. The molecular formula is C15H27NO. The zero-order valence-electron chi connectivity index (χ0n) is 11.3. The fourth-order valence-corrected chi connectivity index (χ4v) is 3.79. The van der Waals surface area contributed by atoms with Crippen molar-refractivity contribution in [3.63, 3.8) is 0 Å². The first-order valence-electron chi connectivity index (χ1n) is 7.53. The van der Waals surface area contributed by atoms with Crippen LogP contribution < -0.4 is 5.32 Å². The Balaban J connectivity index is 2.05. The van der Waals surface area contributed by atoms with Gasteiger partial charge in [-0.15, -0.1) is 0 Å². The largest absolute Gasteiger partial charge is 0.316 e. The fraction of sp³-hybridized carbons (Fsp3) is 0.933. The summed E-state index contributed by atoms with van der Waals surface area (Å²) in [6.07, 6.45) is 10.7. The molecule has 0 amide bonds. The second-order valence-electron chi connectivity index (χ2n) is 6.01. The summed E-state index contributed by atoms with van der Waals surface area (Å²) in [6, 6.07) is 0. The van der Waals surface area contributed by atoms with Gasteiger partial charge in [0.15, 0.2) is 0 Å². The molecule has 1 atom stereocenters. The van der Waals surface area contributed by atoms with E-state index in [1.165, 1.54) is 25.7 Å². The summed E-state index contributed by atoms with van der Waals surface area (Å²) in [5.41, 5.74) is -0.00495. The number of carbonyl (C=O) groups is 1. The molecule has 1 unspecified atom stereocenters. The number of Topliss-reactive ketones (excluding diaryl/α,β-unsaturated/α-hetero) is 1. The Morgan fingerprint density at radius 3 is 2.59 bits per heavy atom. The Bertz CT molecular complexity index is 244. The Morgan fingerprint density at radius 2 is 2.00 bits per heavy atom. The van der Waals surface area contributed by atoms with E-state index in [9.17, 15) is 4.79 Å². The van der Waals surface area contributed by atoms with Crippen molar-refractivity contribution >= 4 is 5.78 Å². The van der Waals surface area contributed by atoms with Crippen LogP contribution >= 0.6 is 0 Å². The first-order chi connectivity index (χ1) is 8.28. The lowest BCUT2D eigenvalue weighted by atomic mass is 9.67. The summed E-state index contributed by atoms with van der Waals surface area (Å²) in [6.45, 7) is 4.25. The maximum Gasteiger partial charge on any atom is 0.143 e. The quantitative estimate of drug-likeness (QED) is 0.813. The van der Waals surface area contributed by atoms with Crippen LogP contribution in [0, 0.1) is 11.3 Å². The zero-order chi connectivity index (χ0) is 12.1. The minimum Gasteiger partial charge on any atom is -0.316 e. The van der Waals surface area contributed by atoms with Gasteiger partial charge >= 0.3 is 0 Å². The minimum absolute atomic E-state index is 0.00495. The van der Waals surface area contributed by atoms with E-state index < -0.39 is 0 Å². The van der Waals surface area contributed by atoms with Crippen molar-refractivity contribution in [3.8, 4) is 0 Å². The standard InChI is InChI=1S/C15H27NO/c1-2-9-15(10-6-11-16-12-15)14(17)13-7-4-3-5-8-13/h13,16H,2-12H2,1H3. The molecule has 2 heteroatoms. The normalized spacial score (nSPS) is 31.4. The second-order valence-corrected chi connectivity index (χ2v) is 6.01. The van der Waals surface area contributed by atoms with E-state index in [-0.39, 0.29) is 5.41 Å². The highest BCUT2D eigenvalue weighted by Crippen LogP contribution is 2.39. The Morgan fingerprint density at radius 1 is 1.24 bits per heavy atom. The van der Waals surface area contributed by atoms with Gasteiger partial charge in [0.1, 0.15) is 5.78 Å². The lowest BCUT2D eigenvalue weighted by molar-refractivity contribution is -0.135. The van der Waals surface area contributed by atoms with Crippen LogP contribution in [-0.4, -0.2) is 18.9 Å². The van der Waals surface area contributed by atoms with Crippen molar-refractivity contribution in [3.05, 3.63) is 0 Å². The van der Waals surface area contributed by atoms with Gasteiger partial charge in [-0.25, -0.2) is 0 Å². The minimum atomic E-state index is -0.00495. The molecule has 0 aromatic heterocycles. The van der Waals surface area contributed by atoms with E-state index in [2.05, 4.69) is 12.2 Å². The second kappa shape index (κ2) is 5.99. The van der Waals surface area contributed by atoms with E-state index in [1.54, 1.807) is 0 Å². The number of rotatable bonds is 4. The topological polar surface area (TPSA) is 29.1 Å². The number of nitrogens with one attached hydrogen (secondary N) is 1. The molecule has 17 heavy (non-hydrogen) atoms. The molecule has 1 saturated carbocycles. The number of hydrogen-bond donors (Lipinski definition) is 1. The van der Waals surface area contributed by atoms with Gasteiger partial charge in [-0.2, -0.15) is 0 Å². The van der Waals surface area contributed by atoms with E-state index in [4.69, 9.17) is 0 Å². The van der Waals surface area contributed by atoms with Gasteiger partial charge in [0.25, 0.3) is 0 Å². The predicted molar refractivity (Wildman–Crippen MR) is 71.0 cm³/mol. The number of ketones is 1. The van der Waals surface area contributed by atoms with Crippen molar-refractivity contribution in [1.29, 1.82) is 0 Å². The molecular weight excluding hydrogens is 210 g/mol. The molecule has 0 aromatic rings. The highest BCUT2D eigenvalue weighted by Gasteiger charge is 2.41. The van der Waals surface area contributed by atoms with Crippen LogP contribution in [0.3, 0.4) is 0 Å². The van der Waals surface area contributed by atoms with Gasteiger partial charge in [-0.05, 0) is 38.6 Å². The molecule has 1 saturated heterocycles. The average molecular weight is 237 g/mol. The summed E-state index contributed by atoms with van der Waals surface area (Å²) >= 11 is 0. The molecule has 0 bridgehead atoms. The molecule has 1 aliphatic heterocycles. The van der Waals surface area contributed by atoms with Gasteiger partial charge in [0.05, 0.1) is 0 Å². The lowest BCUT2D eigenvalue weighted by Gasteiger charge is -2.39. The van der Waals surface area contributed by atoms with Crippen molar-refractivity contribution < 1.29 is 4.79 Å². The lowest BCUT2D eigenvalue weighted by Crippen LogP contribution is -2.48. The summed E-state index contributed by atoms with van der Waals surface area (Å²) < 4.78 is 0. The molecule has 98 valence electrons. The van der Waals surface area contributed by atoms with E-state index in [0.29, 0.717) is 11.7 Å². The monoisotopic (exact) mass is 237 g/mol. The molecule has 1 aliphatic carbocycles. The van der Waals surface area contributed by atoms with Gasteiger partial charge in [-0.1, -0.05) is 32.6 Å². The molecule has 1 heterocycles. The van der Waals surface area contributed by atoms with Crippen LogP contribution in [0.25, 0.3) is 0 Å². The molecule has 2 fully saturated rings. The molecule has 2 nitrogen and oxygen atoms in total. The summed E-state index contributed by atoms with van der Waals surface area (Å²) in [5.74, 6) is 0.987. The Labute approximate surface area is 106 Å². The van der Waals surface area contributed by atoms with Crippen LogP contribution in [-0.2, 0) is 4.79 Å². The Kier molecular flexibility index (Phi) is 4.61. The molecule has 0 spiro atoms. The molecule has 0 aromatic carbocycles. The van der Waals surface area contributed by atoms with E-state index >= 15 is 0 Å². The van der Waals surface area contributed by atoms with Gasteiger partial charge in [0.2, 0.25) is 0 Å². The predicted octanol–water partition coefficient (Wildman–Crippen LogP) is 3.31. The third-order valence-corrected chi connectivity index (χ3v) is 4.70. The van der Waals surface area contributed by atoms with Crippen LogP contribution in [0.15, 0.2) is 0 Å². The van der Waals surface area contributed by atoms with Crippen LogP contribution in [0.5, 0.6) is 0 Å². The SMILES string of the molecule is CCCC1(C(=O)C2CCCCC2)CCCNC1. The van der Waals surface area contributed by atoms with Crippen molar-refractivity contribution in [2.24, 2.45) is 11.3 Å². The third kappa shape index (κ3) is 2.90. The van der Waals surface area contributed by atoms with Crippen LogP contribution in [0.4, 0.5) is 0 Å². The third-order valence-electron chi connectivity index (χ3n) is 4.70. The number of piperidine rings is 1. The van der Waals surface area contributed by atoms with Gasteiger partial charge in [0, 0.05) is 17.9 Å². The molecule has 1 N–H and O–H groups in total. The first kappa shape index (κ1) is 13.1. The van der Waals surface area contributed by atoms with Crippen LogP contribution in [0.1, 0.15) is 64.7 Å². The number of carbonyl (C=O) groups excluding carboxylic acids is 1. The van der Waals surface area contributed by atoms with Crippen molar-refractivity contribution in [2.45, 2.75) is 64.7 Å².